The molecule has 1 aliphatic heterocycles. The molecule has 156 valence electrons. The third kappa shape index (κ3) is 3.76. The van der Waals surface area contributed by atoms with Crippen LogP contribution in [0.15, 0.2) is 48.8 Å². The summed E-state index contributed by atoms with van der Waals surface area (Å²) in [5.74, 6) is 0.873. The molecule has 1 aromatic carbocycles. The van der Waals surface area contributed by atoms with Crippen molar-refractivity contribution in [2.75, 3.05) is 6.79 Å². The van der Waals surface area contributed by atoms with E-state index in [-0.39, 0.29) is 53.8 Å². The predicted octanol–water partition coefficient (Wildman–Crippen LogP) is 2.92. The lowest BCUT2D eigenvalue weighted by molar-refractivity contribution is 0.174. The SMILES string of the molecule is Cc1cc(O)c(CC(Cc2c(O)cc(C)oc2=O)c2ccc3c(c2)OCO3)c(=O)o1. The van der Waals surface area contributed by atoms with Gasteiger partial charge in [-0.1, -0.05) is 6.07 Å². The number of ether oxygens (including phenoxy) is 2. The van der Waals surface area contributed by atoms with Crippen LogP contribution >= 0.6 is 0 Å². The minimum absolute atomic E-state index is 0.0703. The van der Waals surface area contributed by atoms with Gasteiger partial charge in [-0.05, 0) is 50.3 Å². The molecule has 0 spiro atoms. The van der Waals surface area contributed by atoms with Crippen LogP contribution in [0.5, 0.6) is 23.0 Å². The minimum atomic E-state index is -0.654. The molecule has 1 aliphatic rings. The van der Waals surface area contributed by atoms with Crippen LogP contribution in [0.2, 0.25) is 0 Å². The highest BCUT2D eigenvalue weighted by molar-refractivity contribution is 5.46. The van der Waals surface area contributed by atoms with E-state index in [1.807, 2.05) is 0 Å². The Morgan fingerprint density at radius 2 is 1.37 bits per heavy atom. The van der Waals surface area contributed by atoms with Crippen molar-refractivity contribution in [3.63, 3.8) is 0 Å². The number of fused-ring (bicyclic) bond motifs is 1. The molecule has 3 heterocycles. The summed E-state index contributed by atoms with van der Waals surface area (Å²) >= 11 is 0. The fourth-order valence-electron chi connectivity index (χ4n) is 3.59. The van der Waals surface area contributed by atoms with Crippen molar-refractivity contribution in [3.8, 4) is 23.0 Å². The zero-order valence-electron chi connectivity index (χ0n) is 16.4. The summed E-state index contributed by atoms with van der Waals surface area (Å²) in [6.07, 6.45) is 0.141. The Bertz CT molecular complexity index is 1150. The summed E-state index contributed by atoms with van der Waals surface area (Å²) in [5, 5.41) is 20.6. The molecular formula is C22H20O8. The second-order valence-corrected chi connectivity index (χ2v) is 7.23. The number of hydrogen-bond acceptors (Lipinski definition) is 8. The molecule has 0 aliphatic carbocycles. The highest BCUT2D eigenvalue weighted by Gasteiger charge is 2.24. The Hall–Kier alpha value is -3.68. The van der Waals surface area contributed by atoms with E-state index in [2.05, 4.69) is 0 Å². The van der Waals surface area contributed by atoms with Gasteiger partial charge in [-0.15, -0.1) is 0 Å². The van der Waals surface area contributed by atoms with Gasteiger partial charge in [0.1, 0.15) is 23.0 Å². The maximum absolute atomic E-state index is 12.3. The molecule has 0 amide bonds. The van der Waals surface area contributed by atoms with Crippen LogP contribution in [0.3, 0.4) is 0 Å². The second kappa shape index (κ2) is 7.62. The molecule has 0 fully saturated rings. The number of benzene rings is 1. The maximum Gasteiger partial charge on any atom is 0.342 e. The molecule has 0 unspecified atom stereocenters. The summed E-state index contributed by atoms with van der Waals surface area (Å²) in [6.45, 7) is 3.24. The summed E-state index contributed by atoms with van der Waals surface area (Å²) in [6, 6.07) is 8.01. The minimum Gasteiger partial charge on any atom is -0.507 e. The Labute approximate surface area is 170 Å². The van der Waals surface area contributed by atoms with Crippen molar-refractivity contribution in [2.24, 2.45) is 0 Å². The molecule has 2 aromatic heterocycles. The van der Waals surface area contributed by atoms with Crippen LogP contribution in [-0.4, -0.2) is 17.0 Å². The van der Waals surface area contributed by atoms with Gasteiger partial charge in [0, 0.05) is 12.1 Å². The Kier molecular flexibility index (Phi) is 4.99. The molecule has 2 N–H and O–H groups in total. The van der Waals surface area contributed by atoms with E-state index in [0.717, 1.165) is 5.56 Å². The zero-order chi connectivity index (χ0) is 21.4. The molecule has 3 aromatic rings. The highest BCUT2D eigenvalue weighted by atomic mass is 16.7. The van der Waals surface area contributed by atoms with Gasteiger partial charge in [0.25, 0.3) is 0 Å². The monoisotopic (exact) mass is 412 g/mol. The van der Waals surface area contributed by atoms with Crippen LogP contribution < -0.4 is 20.7 Å². The lowest BCUT2D eigenvalue weighted by Gasteiger charge is -2.18. The van der Waals surface area contributed by atoms with Crippen molar-refractivity contribution in [1.82, 2.24) is 0 Å². The van der Waals surface area contributed by atoms with Crippen LogP contribution in [0, 0.1) is 13.8 Å². The van der Waals surface area contributed by atoms with Gasteiger partial charge in [-0.2, -0.15) is 0 Å². The van der Waals surface area contributed by atoms with Gasteiger partial charge >= 0.3 is 11.3 Å². The van der Waals surface area contributed by atoms with Crippen LogP contribution in [0.1, 0.15) is 34.1 Å². The molecule has 8 nitrogen and oxygen atoms in total. The average molecular weight is 412 g/mol. The van der Waals surface area contributed by atoms with E-state index >= 15 is 0 Å². The van der Waals surface area contributed by atoms with Gasteiger partial charge in [0.05, 0.1) is 11.1 Å². The third-order valence-electron chi connectivity index (χ3n) is 5.07. The lowest BCUT2D eigenvalue weighted by atomic mass is 9.86. The number of hydrogen-bond donors (Lipinski definition) is 2. The number of aryl methyl sites for hydroxylation is 2. The number of aromatic hydroxyl groups is 2. The van der Waals surface area contributed by atoms with E-state index in [0.29, 0.717) is 11.5 Å². The molecule has 0 radical (unpaired) electrons. The zero-order valence-corrected chi connectivity index (χ0v) is 16.4. The quantitative estimate of drug-likeness (QED) is 0.657. The van der Waals surface area contributed by atoms with Gasteiger partial charge in [0.2, 0.25) is 6.79 Å². The van der Waals surface area contributed by atoms with Crippen molar-refractivity contribution in [1.29, 1.82) is 0 Å². The molecule has 30 heavy (non-hydrogen) atoms. The first kappa shape index (κ1) is 19.6. The first-order valence-corrected chi connectivity index (χ1v) is 9.36. The molecule has 0 atom stereocenters. The van der Waals surface area contributed by atoms with E-state index in [4.69, 9.17) is 18.3 Å². The van der Waals surface area contributed by atoms with Crippen LogP contribution in [0.25, 0.3) is 0 Å². The molecule has 8 heteroatoms. The topological polar surface area (TPSA) is 119 Å². The summed E-state index contributed by atoms with van der Waals surface area (Å²) in [4.78, 5) is 24.7. The van der Waals surface area contributed by atoms with E-state index in [1.54, 1.807) is 32.0 Å². The Balaban J connectivity index is 1.78. The van der Waals surface area contributed by atoms with Gasteiger partial charge in [0.15, 0.2) is 11.5 Å². The van der Waals surface area contributed by atoms with Gasteiger partial charge in [-0.3, -0.25) is 0 Å². The van der Waals surface area contributed by atoms with Crippen molar-refractivity contribution in [2.45, 2.75) is 32.6 Å². The Morgan fingerprint density at radius 1 is 0.833 bits per heavy atom. The van der Waals surface area contributed by atoms with Crippen molar-refractivity contribution >= 4 is 0 Å². The van der Waals surface area contributed by atoms with Crippen molar-refractivity contribution < 1.29 is 28.5 Å². The number of rotatable bonds is 5. The van der Waals surface area contributed by atoms with Crippen molar-refractivity contribution in [3.05, 3.63) is 79.4 Å². The van der Waals surface area contributed by atoms with Crippen LogP contribution in [0.4, 0.5) is 0 Å². The molecule has 0 saturated heterocycles. The third-order valence-corrected chi connectivity index (χ3v) is 5.07. The second-order valence-electron chi connectivity index (χ2n) is 7.23. The fourth-order valence-corrected chi connectivity index (χ4v) is 3.59. The smallest absolute Gasteiger partial charge is 0.342 e. The lowest BCUT2D eigenvalue weighted by Crippen LogP contribution is -2.18. The highest BCUT2D eigenvalue weighted by Crippen LogP contribution is 2.37. The van der Waals surface area contributed by atoms with Crippen LogP contribution in [-0.2, 0) is 12.8 Å². The van der Waals surface area contributed by atoms with Gasteiger partial charge in [-0.25, -0.2) is 9.59 Å². The molecule has 0 bridgehead atoms. The summed E-state index contributed by atoms with van der Waals surface area (Å²) in [7, 11) is 0. The maximum atomic E-state index is 12.3. The molecular weight excluding hydrogens is 392 g/mol. The summed E-state index contributed by atoms with van der Waals surface area (Å²) in [5.41, 5.74) is -0.409. The first-order chi connectivity index (χ1) is 14.3. The van der Waals surface area contributed by atoms with E-state index in [1.165, 1.54) is 12.1 Å². The largest absolute Gasteiger partial charge is 0.507 e. The van der Waals surface area contributed by atoms with E-state index in [9.17, 15) is 19.8 Å². The first-order valence-electron chi connectivity index (χ1n) is 9.36. The fraction of sp³-hybridized carbons (Fsp3) is 0.273. The average Bonchev–Trinajstić information content (AvgIpc) is 3.13. The molecule has 4 rings (SSSR count). The molecule has 0 saturated carbocycles. The van der Waals surface area contributed by atoms with Gasteiger partial charge < -0.3 is 28.5 Å². The normalized spacial score (nSPS) is 12.5. The standard InChI is InChI=1S/C22H20O8/c1-11-5-17(23)15(21(25)29-11)7-14(8-16-18(24)6-12(2)30-22(16)26)13-3-4-19-20(9-13)28-10-27-19/h3-6,9,14,23-24H,7-8,10H2,1-2H3. The predicted molar refractivity (Wildman–Crippen MR) is 105 cm³/mol. The summed E-state index contributed by atoms with van der Waals surface area (Å²) < 4.78 is 21.0. The Morgan fingerprint density at radius 3 is 1.90 bits per heavy atom. The van der Waals surface area contributed by atoms with E-state index < -0.39 is 17.2 Å².